The summed E-state index contributed by atoms with van der Waals surface area (Å²) >= 11 is 0. The zero-order valence-corrected chi connectivity index (χ0v) is 10.3. The first kappa shape index (κ1) is 13.2. The SMILES string of the molecule is CCCC1=C(C#N)C(C(C#N)C#N)OC1(C)C. The Morgan fingerprint density at radius 2 is 1.88 bits per heavy atom. The lowest BCUT2D eigenvalue weighted by atomic mass is 9.89. The van der Waals surface area contributed by atoms with Gasteiger partial charge in [-0.2, -0.15) is 15.8 Å². The van der Waals surface area contributed by atoms with E-state index < -0.39 is 17.6 Å². The Balaban J connectivity index is 3.21. The fourth-order valence-electron chi connectivity index (χ4n) is 2.16. The van der Waals surface area contributed by atoms with E-state index in [-0.39, 0.29) is 0 Å². The maximum atomic E-state index is 9.20. The van der Waals surface area contributed by atoms with Gasteiger partial charge >= 0.3 is 0 Å². The topological polar surface area (TPSA) is 80.6 Å². The first-order chi connectivity index (χ1) is 8.01. The highest BCUT2D eigenvalue weighted by atomic mass is 16.5. The summed E-state index contributed by atoms with van der Waals surface area (Å²) in [7, 11) is 0. The fraction of sp³-hybridized carbons (Fsp3) is 0.615. The highest BCUT2D eigenvalue weighted by Crippen LogP contribution is 2.40. The Bertz CT molecular complexity index is 443. The Kier molecular flexibility index (Phi) is 3.89. The molecule has 0 saturated carbocycles. The van der Waals surface area contributed by atoms with Crippen molar-refractivity contribution in [2.75, 3.05) is 0 Å². The maximum Gasteiger partial charge on any atom is 0.164 e. The van der Waals surface area contributed by atoms with Crippen LogP contribution < -0.4 is 0 Å². The van der Waals surface area contributed by atoms with Crippen LogP contribution in [0.4, 0.5) is 0 Å². The van der Waals surface area contributed by atoms with Crippen molar-refractivity contribution in [2.24, 2.45) is 5.92 Å². The van der Waals surface area contributed by atoms with Crippen LogP contribution in [0.1, 0.15) is 33.6 Å². The third-order valence-corrected chi connectivity index (χ3v) is 2.96. The van der Waals surface area contributed by atoms with E-state index in [1.807, 2.05) is 32.9 Å². The van der Waals surface area contributed by atoms with Gasteiger partial charge in [-0.1, -0.05) is 13.3 Å². The fourth-order valence-corrected chi connectivity index (χ4v) is 2.16. The standard InChI is InChI=1S/C13H15N3O/c1-4-5-11-10(8-16)12(9(6-14)7-15)17-13(11,2)3/h9,12H,4-5H2,1-3H3. The molecule has 1 heterocycles. The largest absolute Gasteiger partial charge is 0.360 e. The minimum absolute atomic E-state index is 0.463. The van der Waals surface area contributed by atoms with Crippen LogP contribution in [-0.4, -0.2) is 11.7 Å². The van der Waals surface area contributed by atoms with Crippen LogP contribution in [0.2, 0.25) is 0 Å². The highest BCUT2D eigenvalue weighted by molar-refractivity contribution is 5.42. The average Bonchev–Trinajstić information content (AvgIpc) is 2.53. The molecule has 0 spiro atoms. The van der Waals surface area contributed by atoms with Gasteiger partial charge in [-0.15, -0.1) is 0 Å². The summed E-state index contributed by atoms with van der Waals surface area (Å²) in [6.07, 6.45) is 0.964. The van der Waals surface area contributed by atoms with E-state index in [0.29, 0.717) is 5.57 Å². The number of hydrogen-bond donors (Lipinski definition) is 0. The zero-order valence-electron chi connectivity index (χ0n) is 10.3. The molecular weight excluding hydrogens is 214 g/mol. The predicted molar refractivity (Wildman–Crippen MR) is 61.2 cm³/mol. The Hall–Kier alpha value is -1.83. The van der Waals surface area contributed by atoms with Crippen LogP contribution in [-0.2, 0) is 4.74 Å². The molecule has 4 heteroatoms. The molecule has 0 fully saturated rings. The van der Waals surface area contributed by atoms with Crippen molar-refractivity contribution in [3.63, 3.8) is 0 Å². The number of nitrogens with zero attached hydrogens (tertiary/aromatic N) is 3. The molecule has 0 aliphatic carbocycles. The summed E-state index contributed by atoms with van der Waals surface area (Å²) in [5, 5.41) is 27.0. The number of hydrogen-bond acceptors (Lipinski definition) is 4. The molecule has 1 atom stereocenters. The molecule has 0 radical (unpaired) electrons. The van der Waals surface area contributed by atoms with Crippen molar-refractivity contribution in [3.05, 3.63) is 11.1 Å². The van der Waals surface area contributed by atoms with Gasteiger partial charge in [-0.3, -0.25) is 0 Å². The summed E-state index contributed by atoms with van der Waals surface area (Å²) in [5.41, 5.74) is 0.825. The monoisotopic (exact) mass is 229 g/mol. The van der Waals surface area contributed by atoms with Crippen molar-refractivity contribution in [1.82, 2.24) is 0 Å². The van der Waals surface area contributed by atoms with Crippen molar-refractivity contribution in [3.8, 4) is 18.2 Å². The van der Waals surface area contributed by atoms with Crippen LogP contribution in [0.5, 0.6) is 0 Å². The zero-order chi connectivity index (χ0) is 13.1. The molecule has 0 aromatic rings. The first-order valence-corrected chi connectivity index (χ1v) is 5.62. The molecule has 0 aromatic heterocycles. The molecule has 1 aliphatic rings. The van der Waals surface area contributed by atoms with Crippen molar-refractivity contribution < 1.29 is 4.74 Å². The number of rotatable bonds is 3. The van der Waals surface area contributed by atoms with E-state index in [4.69, 9.17) is 15.3 Å². The van der Waals surface area contributed by atoms with Gasteiger partial charge in [0.1, 0.15) is 6.10 Å². The lowest BCUT2D eigenvalue weighted by molar-refractivity contribution is -0.0151. The summed E-state index contributed by atoms with van der Waals surface area (Å²) in [6, 6.07) is 5.88. The summed E-state index contributed by atoms with van der Waals surface area (Å²) in [5.74, 6) is -0.918. The Morgan fingerprint density at radius 1 is 1.29 bits per heavy atom. The summed E-state index contributed by atoms with van der Waals surface area (Å²) in [4.78, 5) is 0. The van der Waals surface area contributed by atoms with Crippen LogP contribution in [0, 0.1) is 39.9 Å². The number of ether oxygens (including phenoxy) is 1. The molecule has 17 heavy (non-hydrogen) atoms. The van der Waals surface area contributed by atoms with E-state index in [2.05, 4.69) is 6.07 Å². The molecule has 0 bridgehead atoms. The van der Waals surface area contributed by atoms with Crippen molar-refractivity contribution in [2.45, 2.75) is 45.3 Å². The van der Waals surface area contributed by atoms with Crippen molar-refractivity contribution in [1.29, 1.82) is 15.8 Å². The lowest BCUT2D eigenvalue weighted by Crippen LogP contribution is -2.28. The molecular formula is C13H15N3O. The molecule has 88 valence electrons. The second-order valence-corrected chi connectivity index (χ2v) is 4.54. The van der Waals surface area contributed by atoms with Gasteiger partial charge in [0.15, 0.2) is 5.92 Å². The molecule has 4 nitrogen and oxygen atoms in total. The van der Waals surface area contributed by atoms with E-state index in [9.17, 15) is 5.26 Å². The van der Waals surface area contributed by atoms with Gasteiger partial charge in [0, 0.05) is 0 Å². The molecule has 1 unspecified atom stereocenters. The van der Waals surface area contributed by atoms with E-state index in [0.717, 1.165) is 18.4 Å². The third kappa shape index (κ3) is 2.31. The molecule has 0 N–H and O–H groups in total. The molecule has 1 aliphatic heterocycles. The second-order valence-electron chi connectivity index (χ2n) is 4.54. The van der Waals surface area contributed by atoms with Crippen LogP contribution >= 0.6 is 0 Å². The van der Waals surface area contributed by atoms with E-state index >= 15 is 0 Å². The minimum atomic E-state index is -0.918. The third-order valence-electron chi connectivity index (χ3n) is 2.96. The average molecular weight is 229 g/mol. The Labute approximate surface area is 102 Å². The number of nitriles is 3. The first-order valence-electron chi connectivity index (χ1n) is 5.62. The van der Waals surface area contributed by atoms with Crippen LogP contribution in [0.15, 0.2) is 11.1 Å². The van der Waals surface area contributed by atoms with Gasteiger partial charge in [-0.25, -0.2) is 0 Å². The quantitative estimate of drug-likeness (QED) is 0.744. The lowest BCUT2D eigenvalue weighted by Gasteiger charge is -2.23. The Morgan fingerprint density at radius 3 is 2.29 bits per heavy atom. The summed E-state index contributed by atoms with van der Waals surface area (Å²) in [6.45, 7) is 5.78. The van der Waals surface area contributed by atoms with Crippen LogP contribution in [0.3, 0.4) is 0 Å². The van der Waals surface area contributed by atoms with Gasteiger partial charge in [0.05, 0.1) is 29.4 Å². The second kappa shape index (κ2) is 5.00. The minimum Gasteiger partial charge on any atom is -0.360 e. The molecule has 0 saturated heterocycles. The predicted octanol–water partition coefficient (Wildman–Crippen LogP) is 2.45. The maximum absolute atomic E-state index is 9.20. The van der Waals surface area contributed by atoms with Gasteiger partial charge < -0.3 is 4.74 Å². The normalized spacial score (nSPS) is 22.1. The summed E-state index contributed by atoms with van der Waals surface area (Å²) < 4.78 is 5.72. The molecule has 1 rings (SSSR count). The van der Waals surface area contributed by atoms with Gasteiger partial charge in [0.2, 0.25) is 0 Å². The smallest absolute Gasteiger partial charge is 0.164 e. The van der Waals surface area contributed by atoms with Gasteiger partial charge in [-0.05, 0) is 25.8 Å². The van der Waals surface area contributed by atoms with Crippen molar-refractivity contribution >= 4 is 0 Å². The highest BCUT2D eigenvalue weighted by Gasteiger charge is 2.43. The molecule has 0 aromatic carbocycles. The van der Waals surface area contributed by atoms with E-state index in [1.165, 1.54) is 0 Å². The van der Waals surface area contributed by atoms with E-state index in [1.54, 1.807) is 0 Å². The molecule has 0 amide bonds. The van der Waals surface area contributed by atoms with Gasteiger partial charge in [0.25, 0.3) is 0 Å². The van der Waals surface area contributed by atoms with Crippen LogP contribution in [0.25, 0.3) is 0 Å².